The molecule has 0 aliphatic rings. The lowest BCUT2D eigenvalue weighted by Gasteiger charge is -2.09. The highest BCUT2D eigenvalue weighted by molar-refractivity contribution is 7.99. The summed E-state index contributed by atoms with van der Waals surface area (Å²) in [5, 5.41) is 13.5. The number of nitrogens with zero attached hydrogens (tertiary/aromatic N) is 4. The zero-order valence-corrected chi connectivity index (χ0v) is 22.2. The van der Waals surface area contributed by atoms with Crippen LogP contribution in [0.1, 0.15) is 23.8 Å². The Hall–Kier alpha value is -3.14. The second kappa shape index (κ2) is 12.7. The maximum absolute atomic E-state index is 12.6. The third kappa shape index (κ3) is 6.75. The molecule has 2 aromatic carbocycles. The van der Waals surface area contributed by atoms with E-state index in [4.69, 9.17) is 16.3 Å². The largest absolute Gasteiger partial charge is 0.494 e. The number of rotatable bonds is 12. The van der Waals surface area contributed by atoms with E-state index in [0.29, 0.717) is 35.7 Å². The van der Waals surface area contributed by atoms with Gasteiger partial charge in [0.05, 0.1) is 12.4 Å². The number of thiazole rings is 1. The Kier molecular flexibility index (Phi) is 9.16. The Morgan fingerprint density at radius 3 is 2.78 bits per heavy atom. The van der Waals surface area contributed by atoms with Crippen molar-refractivity contribution in [2.45, 2.75) is 31.5 Å². The summed E-state index contributed by atoms with van der Waals surface area (Å²) in [4.78, 5) is 18.0. The number of carbonyl (C=O) groups is 1. The molecule has 2 aromatic heterocycles. The SMILES string of the molecule is C=CCn1c(SCC(=O)Nc2ncc(Cc3ccccc3Cl)s2)nnc1-c1ccc(OCCC)cc1. The van der Waals surface area contributed by atoms with Crippen molar-refractivity contribution in [1.82, 2.24) is 19.7 Å². The molecule has 4 rings (SSSR count). The molecule has 0 saturated carbocycles. The van der Waals surface area contributed by atoms with Crippen molar-refractivity contribution in [1.29, 1.82) is 0 Å². The predicted molar refractivity (Wildman–Crippen MR) is 147 cm³/mol. The lowest BCUT2D eigenvalue weighted by molar-refractivity contribution is -0.113. The number of benzene rings is 2. The Morgan fingerprint density at radius 1 is 1.22 bits per heavy atom. The fraction of sp³-hybridized carbons (Fsp3) is 0.231. The van der Waals surface area contributed by atoms with E-state index in [1.165, 1.54) is 23.1 Å². The molecule has 0 radical (unpaired) electrons. The van der Waals surface area contributed by atoms with Gasteiger partial charge >= 0.3 is 0 Å². The van der Waals surface area contributed by atoms with Crippen molar-refractivity contribution in [3.63, 3.8) is 0 Å². The van der Waals surface area contributed by atoms with Gasteiger partial charge in [-0.15, -0.1) is 28.1 Å². The predicted octanol–water partition coefficient (Wildman–Crippen LogP) is 6.35. The van der Waals surface area contributed by atoms with Crippen LogP contribution in [0, 0.1) is 0 Å². The summed E-state index contributed by atoms with van der Waals surface area (Å²) < 4.78 is 7.60. The van der Waals surface area contributed by atoms with E-state index in [2.05, 4.69) is 34.0 Å². The van der Waals surface area contributed by atoms with E-state index in [1.807, 2.05) is 53.1 Å². The third-order valence-electron chi connectivity index (χ3n) is 5.07. The second-order valence-electron chi connectivity index (χ2n) is 7.82. The number of halogens is 1. The van der Waals surface area contributed by atoms with E-state index in [-0.39, 0.29) is 11.7 Å². The molecule has 4 aromatic rings. The van der Waals surface area contributed by atoms with Gasteiger partial charge in [-0.2, -0.15) is 0 Å². The molecule has 0 fully saturated rings. The summed E-state index contributed by atoms with van der Waals surface area (Å²) in [6.07, 6.45) is 5.17. The van der Waals surface area contributed by atoms with Crippen molar-refractivity contribution in [3.8, 4) is 17.1 Å². The molecular formula is C26H26ClN5O2S2. The minimum Gasteiger partial charge on any atom is -0.494 e. The number of hydrogen-bond acceptors (Lipinski definition) is 7. The topological polar surface area (TPSA) is 81.9 Å². The number of thioether (sulfide) groups is 1. The van der Waals surface area contributed by atoms with Gasteiger partial charge in [0.1, 0.15) is 5.75 Å². The monoisotopic (exact) mass is 539 g/mol. The number of nitrogens with one attached hydrogen (secondary N) is 1. The van der Waals surface area contributed by atoms with Gasteiger partial charge in [-0.25, -0.2) is 4.98 Å². The van der Waals surface area contributed by atoms with Gasteiger partial charge < -0.3 is 10.1 Å². The molecular weight excluding hydrogens is 514 g/mol. The summed E-state index contributed by atoms with van der Waals surface area (Å²) in [6, 6.07) is 15.5. The van der Waals surface area contributed by atoms with E-state index in [9.17, 15) is 4.79 Å². The van der Waals surface area contributed by atoms with Crippen LogP contribution in [0.15, 0.2) is 72.5 Å². The summed E-state index contributed by atoms with van der Waals surface area (Å²) in [7, 11) is 0. The summed E-state index contributed by atoms with van der Waals surface area (Å²) >= 11 is 9.01. The van der Waals surface area contributed by atoms with Crippen LogP contribution in [0.4, 0.5) is 5.13 Å². The third-order valence-corrected chi connectivity index (χ3v) is 7.32. The number of aromatic nitrogens is 4. The van der Waals surface area contributed by atoms with Crippen molar-refractivity contribution < 1.29 is 9.53 Å². The Bertz CT molecular complexity index is 1320. The van der Waals surface area contributed by atoms with Crippen LogP contribution < -0.4 is 10.1 Å². The summed E-state index contributed by atoms with van der Waals surface area (Å²) in [5.74, 6) is 1.55. The number of anilines is 1. The van der Waals surface area contributed by atoms with Gasteiger partial charge in [0, 0.05) is 34.6 Å². The molecule has 186 valence electrons. The molecule has 2 heterocycles. The molecule has 0 aliphatic carbocycles. The van der Waals surface area contributed by atoms with Crippen LogP contribution in [0.3, 0.4) is 0 Å². The first-order valence-electron chi connectivity index (χ1n) is 11.5. The summed E-state index contributed by atoms with van der Waals surface area (Å²) in [6.45, 7) is 7.12. The van der Waals surface area contributed by atoms with E-state index < -0.39 is 0 Å². The Balaban J connectivity index is 1.37. The summed E-state index contributed by atoms with van der Waals surface area (Å²) in [5.41, 5.74) is 1.94. The van der Waals surface area contributed by atoms with Crippen LogP contribution in [0.25, 0.3) is 11.4 Å². The fourth-order valence-electron chi connectivity index (χ4n) is 3.38. The lowest BCUT2D eigenvalue weighted by Crippen LogP contribution is -2.14. The average Bonchev–Trinajstić information content (AvgIpc) is 3.50. The zero-order chi connectivity index (χ0) is 25.3. The molecule has 10 heteroatoms. The standard InChI is InChI=1S/C26H26ClN5O2S2/c1-3-13-32-24(18-9-11-20(12-10-18)34-14-4-2)30-31-26(32)35-17-23(33)29-25-28-16-21(36-25)15-19-7-5-6-8-22(19)27/h3,5-12,16H,1,4,13-15,17H2,2H3,(H,28,29,33). The van der Waals surface area contributed by atoms with Crippen molar-refractivity contribution >= 4 is 45.7 Å². The van der Waals surface area contributed by atoms with Gasteiger partial charge in [-0.1, -0.05) is 54.6 Å². The number of carbonyl (C=O) groups excluding carboxylic acids is 1. The quantitative estimate of drug-likeness (QED) is 0.167. The average molecular weight is 540 g/mol. The smallest absolute Gasteiger partial charge is 0.236 e. The van der Waals surface area contributed by atoms with Crippen LogP contribution in [0.5, 0.6) is 5.75 Å². The molecule has 1 amide bonds. The van der Waals surface area contributed by atoms with E-state index in [0.717, 1.165) is 33.2 Å². The van der Waals surface area contributed by atoms with Crippen molar-refractivity contribution in [2.75, 3.05) is 17.7 Å². The lowest BCUT2D eigenvalue weighted by atomic mass is 10.1. The van der Waals surface area contributed by atoms with E-state index >= 15 is 0 Å². The van der Waals surface area contributed by atoms with Crippen LogP contribution in [-0.2, 0) is 17.8 Å². The fourth-order valence-corrected chi connectivity index (χ4v) is 5.19. The zero-order valence-electron chi connectivity index (χ0n) is 19.8. The van der Waals surface area contributed by atoms with Gasteiger partial charge in [0.2, 0.25) is 5.91 Å². The first kappa shape index (κ1) is 25.9. The first-order chi connectivity index (χ1) is 17.6. The van der Waals surface area contributed by atoms with E-state index in [1.54, 1.807) is 12.3 Å². The number of hydrogen-bond donors (Lipinski definition) is 1. The highest BCUT2D eigenvalue weighted by Gasteiger charge is 2.16. The second-order valence-corrected chi connectivity index (χ2v) is 10.3. The molecule has 1 N–H and O–H groups in total. The number of amides is 1. The van der Waals surface area contributed by atoms with Gasteiger partial charge in [0.25, 0.3) is 0 Å². The molecule has 7 nitrogen and oxygen atoms in total. The molecule has 0 spiro atoms. The maximum Gasteiger partial charge on any atom is 0.236 e. The first-order valence-corrected chi connectivity index (χ1v) is 13.6. The molecule has 0 aliphatic heterocycles. The molecule has 36 heavy (non-hydrogen) atoms. The van der Waals surface area contributed by atoms with Crippen molar-refractivity contribution in [2.24, 2.45) is 0 Å². The Labute approximate surface area is 223 Å². The van der Waals surface area contributed by atoms with Crippen LogP contribution in [0.2, 0.25) is 5.02 Å². The molecule has 0 saturated heterocycles. The number of allylic oxidation sites excluding steroid dienone is 1. The van der Waals surface area contributed by atoms with Gasteiger partial charge in [0.15, 0.2) is 16.1 Å². The maximum atomic E-state index is 12.6. The highest BCUT2D eigenvalue weighted by Crippen LogP contribution is 2.27. The molecule has 0 atom stereocenters. The van der Waals surface area contributed by atoms with Gasteiger partial charge in [-0.3, -0.25) is 9.36 Å². The minimum absolute atomic E-state index is 0.161. The van der Waals surface area contributed by atoms with Crippen LogP contribution >= 0.6 is 34.7 Å². The molecule has 0 unspecified atom stereocenters. The van der Waals surface area contributed by atoms with Crippen LogP contribution in [-0.4, -0.2) is 38.0 Å². The number of ether oxygens (including phenoxy) is 1. The molecule has 0 bridgehead atoms. The highest BCUT2D eigenvalue weighted by atomic mass is 35.5. The minimum atomic E-state index is -0.161. The van der Waals surface area contributed by atoms with Crippen molar-refractivity contribution in [3.05, 3.63) is 82.8 Å². The Morgan fingerprint density at radius 2 is 2.03 bits per heavy atom. The van der Waals surface area contributed by atoms with Gasteiger partial charge in [-0.05, 0) is 42.3 Å². The normalized spacial score (nSPS) is 10.8.